The molecule has 0 radical (unpaired) electrons. The van der Waals surface area contributed by atoms with E-state index in [9.17, 15) is 9.59 Å². The van der Waals surface area contributed by atoms with Gasteiger partial charge in [0.05, 0.1) is 12.7 Å². The third-order valence-corrected chi connectivity index (χ3v) is 1.67. The van der Waals surface area contributed by atoms with Crippen LogP contribution in [-0.2, 0) is 28.5 Å². The first-order valence-electron chi connectivity index (χ1n) is 5.02. The average Bonchev–Trinajstić information content (AvgIpc) is 2.20. The van der Waals surface area contributed by atoms with Crippen LogP contribution in [0.25, 0.3) is 0 Å². The number of ether oxygens (including phenoxy) is 4. The lowest BCUT2D eigenvalue weighted by molar-refractivity contribution is -0.170. The molecule has 0 aromatic carbocycles. The minimum Gasteiger partial charge on any atom is -0.439 e. The van der Waals surface area contributed by atoms with E-state index in [1.165, 1.54) is 13.8 Å². The molecule has 0 bridgehead atoms. The predicted octanol–water partition coefficient (Wildman–Crippen LogP) is 0.839. The molecule has 0 aliphatic carbocycles. The van der Waals surface area contributed by atoms with Crippen molar-refractivity contribution in [2.24, 2.45) is 0 Å². The van der Waals surface area contributed by atoms with E-state index in [2.05, 4.69) is 9.47 Å². The average molecular weight is 234 g/mol. The number of esters is 2. The van der Waals surface area contributed by atoms with Crippen molar-refractivity contribution in [1.29, 1.82) is 0 Å². The Bertz CT molecular complexity index is 215. The van der Waals surface area contributed by atoms with Crippen LogP contribution >= 0.6 is 0 Å². The van der Waals surface area contributed by atoms with Crippen molar-refractivity contribution < 1.29 is 28.5 Å². The molecule has 0 N–H and O–H groups in total. The zero-order valence-corrected chi connectivity index (χ0v) is 9.86. The molecule has 1 atom stereocenters. The first kappa shape index (κ1) is 14.9. The molecule has 0 aromatic heterocycles. The Hall–Kier alpha value is -1.14. The van der Waals surface area contributed by atoms with Crippen LogP contribution in [0.3, 0.4) is 0 Å². The quantitative estimate of drug-likeness (QED) is 0.352. The van der Waals surface area contributed by atoms with Crippen LogP contribution in [0, 0.1) is 0 Å². The first-order chi connectivity index (χ1) is 7.56. The summed E-state index contributed by atoms with van der Waals surface area (Å²) in [5, 5.41) is 0. The summed E-state index contributed by atoms with van der Waals surface area (Å²) in [5.41, 5.74) is 0. The highest BCUT2D eigenvalue weighted by molar-refractivity contribution is 5.66. The monoisotopic (exact) mass is 234 g/mol. The molecule has 16 heavy (non-hydrogen) atoms. The van der Waals surface area contributed by atoms with Crippen LogP contribution in [0.2, 0.25) is 0 Å². The van der Waals surface area contributed by atoms with Crippen LogP contribution in [-0.4, -0.2) is 38.2 Å². The van der Waals surface area contributed by atoms with Gasteiger partial charge in [-0.25, -0.2) is 0 Å². The van der Waals surface area contributed by atoms with Crippen LogP contribution < -0.4 is 0 Å². The standard InChI is InChI=1S/C10H18O6/c1-4-10(16-7-15-9(3)12)5-13-6-14-8(2)11/h10H,4-7H2,1-3H3. The number of carbonyl (C=O) groups is 2. The molecule has 0 rings (SSSR count). The van der Waals surface area contributed by atoms with E-state index in [-0.39, 0.29) is 26.3 Å². The summed E-state index contributed by atoms with van der Waals surface area (Å²) in [5.74, 6) is -0.787. The van der Waals surface area contributed by atoms with E-state index in [1.54, 1.807) is 0 Å². The third kappa shape index (κ3) is 9.42. The Kier molecular flexibility index (Phi) is 8.46. The summed E-state index contributed by atoms with van der Waals surface area (Å²) in [6.07, 6.45) is 0.524. The van der Waals surface area contributed by atoms with Crippen molar-refractivity contribution in [3.8, 4) is 0 Å². The van der Waals surface area contributed by atoms with Gasteiger partial charge in [0, 0.05) is 13.8 Å². The number of carbonyl (C=O) groups excluding carboxylic acids is 2. The SMILES string of the molecule is CCC(COCOC(C)=O)OCOC(C)=O. The van der Waals surface area contributed by atoms with Gasteiger partial charge in [-0.2, -0.15) is 0 Å². The summed E-state index contributed by atoms with van der Waals surface area (Å²) in [6.45, 7) is 4.62. The highest BCUT2D eigenvalue weighted by atomic mass is 16.7. The Morgan fingerprint density at radius 2 is 1.62 bits per heavy atom. The van der Waals surface area contributed by atoms with Crippen molar-refractivity contribution in [1.82, 2.24) is 0 Å². The summed E-state index contributed by atoms with van der Waals surface area (Å²) in [7, 11) is 0. The molecule has 0 aliphatic rings. The highest BCUT2D eigenvalue weighted by Crippen LogP contribution is 1.99. The molecular formula is C10H18O6. The lowest BCUT2D eigenvalue weighted by atomic mass is 10.3. The van der Waals surface area contributed by atoms with Gasteiger partial charge in [0.25, 0.3) is 0 Å². The van der Waals surface area contributed by atoms with Crippen LogP contribution in [0.15, 0.2) is 0 Å². The fourth-order valence-electron chi connectivity index (χ4n) is 0.801. The Morgan fingerprint density at radius 3 is 2.12 bits per heavy atom. The first-order valence-corrected chi connectivity index (χ1v) is 5.02. The Morgan fingerprint density at radius 1 is 1.06 bits per heavy atom. The largest absolute Gasteiger partial charge is 0.439 e. The fourth-order valence-corrected chi connectivity index (χ4v) is 0.801. The number of hydrogen-bond acceptors (Lipinski definition) is 6. The molecule has 6 heteroatoms. The molecule has 0 saturated carbocycles. The number of hydrogen-bond donors (Lipinski definition) is 0. The minimum absolute atomic E-state index is 0.0925. The second kappa shape index (κ2) is 9.11. The van der Waals surface area contributed by atoms with Gasteiger partial charge < -0.3 is 18.9 Å². The van der Waals surface area contributed by atoms with Crippen molar-refractivity contribution in [3.63, 3.8) is 0 Å². The maximum atomic E-state index is 10.5. The minimum atomic E-state index is -0.395. The summed E-state index contributed by atoms with van der Waals surface area (Å²) >= 11 is 0. The zero-order chi connectivity index (χ0) is 12.4. The lowest BCUT2D eigenvalue weighted by Gasteiger charge is -2.15. The molecule has 94 valence electrons. The molecular weight excluding hydrogens is 216 g/mol. The summed E-state index contributed by atoms with van der Waals surface area (Å²) < 4.78 is 19.4. The van der Waals surface area contributed by atoms with Crippen molar-refractivity contribution in [2.75, 3.05) is 20.2 Å². The van der Waals surface area contributed by atoms with Gasteiger partial charge in [-0.3, -0.25) is 9.59 Å². The predicted molar refractivity (Wildman–Crippen MR) is 54.4 cm³/mol. The summed E-state index contributed by atoms with van der Waals surface area (Å²) in [4.78, 5) is 20.9. The topological polar surface area (TPSA) is 71.1 Å². The maximum Gasteiger partial charge on any atom is 0.304 e. The van der Waals surface area contributed by atoms with E-state index >= 15 is 0 Å². The van der Waals surface area contributed by atoms with Gasteiger partial charge in [-0.15, -0.1) is 0 Å². The fraction of sp³-hybridized carbons (Fsp3) is 0.800. The maximum absolute atomic E-state index is 10.5. The highest BCUT2D eigenvalue weighted by Gasteiger charge is 2.07. The molecule has 0 fully saturated rings. The van der Waals surface area contributed by atoms with E-state index in [0.717, 1.165) is 0 Å². The van der Waals surface area contributed by atoms with Crippen LogP contribution in [0.4, 0.5) is 0 Å². The van der Waals surface area contributed by atoms with Gasteiger partial charge >= 0.3 is 11.9 Å². The third-order valence-electron chi connectivity index (χ3n) is 1.67. The van der Waals surface area contributed by atoms with E-state index in [1.807, 2.05) is 6.92 Å². The second-order valence-electron chi connectivity index (χ2n) is 3.08. The molecule has 0 aromatic rings. The van der Waals surface area contributed by atoms with Crippen LogP contribution in [0.1, 0.15) is 27.2 Å². The molecule has 0 aliphatic heterocycles. The van der Waals surface area contributed by atoms with Gasteiger partial charge in [-0.05, 0) is 6.42 Å². The zero-order valence-electron chi connectivity index (χ0n) is 9.86. The number of rotatable bonds is 8. The van der Waals surface area contributed by atoms with Crippen LogP contribution in [0.5, 0.6) is 0 Å². The normalized spacial score (nSPS) is 11.9. The Balaban J connectivity index is 3.51. The molecule has 0 spiro atoms. The molecule has 0 saturated heterocycles. The Labute approximate surface area is 94.8 Å². The smallest absolute Gasteiger partial charge is 0.304 e. The van der Waals surface area contributed by atoms with Crippen molar-refractivity contribution >= 4 is 11.9 Å². The van der Waals surface area contributed by atoms with E-state index in [0.29, 0.717) is 6.42 Å². The van der Waals surface area contributed by atoms with Gasteiger partial charge in [0.2, 0.25) is 0 Å². The van der Waals surface area contributed by atoms with Crippen molar-refractivity contribution in [3.05, 3.63) is 0 Å². The molecule has 1 unspecified atom stereocenters. The van der Waals surface area contributed by atoms with Gasteiger partial charge in [0.15, 0.2) is 13.6 Å². The molecule has 0 amide bonds. The van der Waals surface area contributed by atoms with Gasteiger partial charge in [-0.1, -0.05) is 6.92 Å². The second-order valence-corrected chi connectivity index (χ2v) is 3.08. The molecule has 0 heterocycles. The van der Waals surface area contributed by atoms with Gasteiger partial charge in [0.1, 0.15) is 0 Å². The van der Waals surface area contributed by atoms with Crippen molar-refractivity contribution in [2.45, 2.75) is 33.3 Å². The molecule has 6 nitrogen and oxygen atoms in total. The summed E-state index contributed by atoms with van der Waals surface area (Å²) in [6, 6.07) is 0. The van der Waals surface area contributed by atoms with E-state index in [4.69, 9.17) is 9.47 Å². The van der Waals surface area contributed by atoms with E-state index < -0.39 is 11.9 Å². The lowest BCUT2D eigenvalue weighted by Crippen LogP contribution is -2.22.